The summed E-state index contributed by atoms with van der Waals surface area (Å²) in [5, 5.41) is 3.78. The van der Waals surface area contributed by atoms with Crippen molar-refractivity contribution in [1.82, 2.24) is 10.3 Å². The minimum atomic E-state index is 0.312. The molecule has 3 atom stereocenters. The van der Waals surface area contributed by atoms with Gasteiger partial charge in [0, 0.05) is 6.04 Å². The van der Waals surface area contributed by atoms with Gasteiger partial charge in [-0.25, -0.2) is 4.98 Å². The van der Waals surface area contributed by atoms with Crippen molar-refractivity contribution >= 4 is 11.1 Å². The Kier molecular flexibility index (Phi) is 2.80. The van der Waals surface area contributed by atoms with E-state index in [0.717, 1.165) is 29.3 Å². The summed E-state index contributed by atoms with van der Waals surface area (Å²) >= 11 is 0. The molecule has 3 nitrogen and oxygen atoms in total. The zero-order chi connectivity index (χ0) is 12.7. The van der Waals surface area contributed by atoms with Gasteiger partial charge in [0.05, 0.1) is 6.04 Å². The summed E-state index contributed by atoms with van der Waals surface area (Å²) in [6, 6.07) is 9.03. The number of nitrogens with one attached hydrogen (secondary N) is 1. The predicted octanol–water partition coefficient (Wildman–Crippen LogP) is 3.81. The molecule has 2 aliphatic rings. The number of para-hydroxylation sites is 2. The van der Waals surface area contributed by atoms with Crippen LogP contribution in [0.15, 0.2) is 28.7 Å². The van der Waals surface area contributed by atoms with E-state index < -0.39 is 0 Å². The summed E-state index contributed by atoms with van der Waals surface area (Å²) in [5.74, 6) is 1.76. The van der Waals surface area contributed by atoms with Gasteiger partial charge in [0.15, 0.2) is 5.58 Å². The fourth-order valence-corrected chi connectivity index (χ4v) is 3.73. The standard InChI is InChI=1S/C16H20N2O/c1-2-6-12-11(5-1)9-10-14(17-12)16-18-13-7-3-4-8-15(13)19-16/h3-4,7-8,11-12,14,17H,1-2,5-6,9-10H2. The van der Waals surface area contributed by atoms with Crippen molar-refractivity contribution in [1.29, 1.82) is 0 Å². The van der Waals surface area contributed by atoms with Crippen molar-refractivity contribution in [2.75, 3.05) is 0 Å². The molecule has 0 radical (unpaired) electrons. The van der Waals surface area contributed by atoms with Gasteiger partial charge >= 0.3 is 0 Å². The quantitative estimate of drug-likeness (QED) is 0.843. The Labute approximate surface area is 113 Å². The number of piperidine rings is 1. The normalized spacial score (nSPS) is 31.3. The number of rotatable bonds is 1. The molecule has 2 aromatic rings. The highest BCUT2D eigenvalue weighted by Gasteiger charge is 2.33. The van der Waals surface area contributed by atoms with Crippen molar-refractivity contribution < 1.29 is 4.42 Å². The topological polar surface area (TPSA) is 38.1 Å². The molecule has 1 aliphatic carbocycles. The highest BCUT2D eigenvalue weighted by Crippen LogP contribution is 2.37. The smallest absolute Gasteiger partial charge is 0.212 e. The molecule has 100 valence electrons. The molecule has 1 aromatic heterocycles. The van der Waals surface area contributed by atoms with Gasteiger partial charge in [0.25, 0.3) is 0 Å². The molecular weight excluding hydrogens is 236 g/mol. The van der Waals surface area contributed by atoms with Crippen LogP contribution in [0.3, 0.4) is 0 Å². The van der Waals surface area contributed by atoms with Crippen molar-refractivity contribution in [2.45, 2.75) is 50.6 Å². The van der Waals surface area contributed by atoms with Crippen molar-refractivity contribution in [2.24, 2.45) is 5.92 Å². The number of oxazole rings is 1. The molecule has 2 fully saturated rings. The van der Waals surface area contributed by atoms with Gasteiger partial charge in [-0.1, -0.05) is 25.0 Å². The molecule has 1 N–H and O–H groups in total. The first-order valence-electron chi connectivity index (χ1n) is 7.52. The minimum Gasteiger partial charge on any atom is -0.439 e. The van der Waals surface area contributed by atoms with Crippen LogP contribution in [0.4, 0.5) is 0 Å². The zero-order valence-electron chi connectivity index (χ0n) is 11.1. The maximum Gasteiger partial charge on any atom is 0.212 e. The van der Waals surface area contributed by atoms with Gasteiger partial charge in [0.2, 0.25) is 5.89 Å². The molecule has 19 heavy (non-hydrogen) atoms. The van der Waals surface area contributed by atoms with Crippen LogP contribution < -0.4 is 5.32 Å². The molecule has 3 heteroatoms. The van der Waals surface area contributed by atoms with Gasteiger partial charge < -0.3 is 9.73 Å². The molecule has 1 saturated heterocycles. The van der Waals surface area contributed by atoms with E-state index in [1.54, 1.807) is 0 Å². The SMILES string of the molecule is c1ccc2oc(C3CCC4CCCCC4N3)nc2c1. The lowest BCUT2D eigenvalue weighted by Crippen LogP contribution is -2.44. The molecule has 0 bridgehead atoms. The van der Waals surface area contributed by atoms with E-state index in [1.165, 1.54) is 32.1 Å². The number of hydrogen-bond donors (Lipinski definition) is 1. The van der Waals surface area contributed by atoms with Crippen molar-refractivity contribution in [3.63, 3.8) is 0 Å². The number of fused-ring (bicyclic) bond motifs is 2. The fraction of sp³-hybridized carbons (Fsp3) is 0.562. The second kappa shape index (κ2) is 4.64. The van der Waals surface area contributed by atoms with Crippen LogP contribution in [-0.2, 0) is 0 Å². The van der Waals surface area contributed by atoms with E-state index in [-0.39, 0.29) is 0 Å². The van der Waals surface area contributed by atoms with Crippen LogP contribution in [0, 0.1) is 5.92 Å². The highest BCUT2D eigenvalue weighted by molar-refractivity contribution is 5.72. The Balaban J connectivity index is 1.58. The molecule has 1 aliphatic heterocycles. The Hall–Kier alpha value is -1.35. The van der Waals surface area contributed by atoms with E-state index in [2.05, 4.69) is 10.3 Å². The lowest BCUT2D eigenvalue weighted by molar-refractivity contribution is 0.164. The molecule has 3 unspecified atom stereocenters. The third kappa shape index (κ3) is 2.06. The first-order chi connectivity index (χ1) is 9.40. The van der Waals surface area contributed by atoms with E-state index >= 15 is 0 Å². The molecule has 1 saturated carbocycles. The maximum atomic E-state index is 5.91. The van der Waals surface area contributed by atoms with Crippen LogP contribution in [0.2, 0.25) is 0 Å². The third-order valence-corrected chi connectivity index (χ3v) is 4.76. The van der Waals surface area contributed by atoms with Crippen LogP contribution in [0.25, 0.3) is 11.1 Å². The molecule has 2 heterocycles. The maximum absolute atomic E-state index is 5.91. The van der Waals surface area contributed by atoms with Gasteiger partial charge in [-0.2, -0.15) is 0 Å². The molecular formula is C16H20N2O. The molecule has 1 aromatic carbocycles. The Morgan fingerprint density at radius 1 is 1.05 bits per heavy atom. The van der Waals surface area contributed by atoms with Crippen molar-refractivity contribution in [3.05, 3.63) is 30.2 Å². The average molecular weight is 256 g/mol. The minimum absolute atomic E-state index is 0.312. The Morgan fingerprint density at radius 3 is 2.89 bits per heavy atom. The van der Waals surface area contributed by atoms with Gasteiger partial charge in [0.1, 0.15) is 5.52 Å². The highest BCUT2D eigenvalue weighted by atomic mass is 16.3. The lowest BCUT2D eigenvalue weighted by atomic mass is 9.78. The summed E-state index contributed by atoms with van der Waals surface area (Å²) in [6.07, 6.45) is 7.99. The predicted molar refractivity (Wildman–Crippen MR) is 74.9 cm³/mol. The van der Waals surface area contributed by atoms with Crippen LogP contribution in [-0.4, -0.2) is 11.0 Å². The van der Waals surface area contributed by atoms with Crippen molar-refractivity contribution in [3.8, 4) is 0 Å². The van der Waals surface area contributed by atoms with Crippen LogP contribution >= 0.6 is 0 Å². The summed E-state index contributed by atoms with van der Waals surface area (Å²) in [4.78, 5) is 4.64. The largest absolute Gasteiger partial charge is 0.439 e. The van der Waals surface area contributed by atoms with Gasteiger partial charge in [-0.15, -0.1) is 0 Å². The summed E-state index contributed by atoms with van der Waals surface area (Å²) in [5.41, 5.74) is 1.88. The second-order valence-corrected chi connectivity index (χ2v) is 5.97. The van der Waals surface area contributed by atoms with E-state index in [4.69, 9.17) is 4.42 Å². The first kappa shape index (κ1) is 11.5. The van der Waals surface area contributed by atoms with Crippen LogP contribution in [0.1, 0.15) is 50.5 Å². The molecule has 4 rings (SSSR count). The van der Waals surface area contributed by atoms with E-state index in [9.17, 15) is 0 Å². The molecule has 0 spiro atoms. The zero-order valence-corrected chi connectivity index (χ0v) is 11.1. The van der Waals surface area contributed by atoms with Gasteiger partial charge in [-0.3, -0.25) is 0 Å². The van der Waals surface area contributed by atoms with E-state index in [1.807, 2.05) is 24.3 Å². The summed E-state index contributed by atoms with van der Waals surface area (Å²) < 4.78 is 5.91. The van der Waals surface area contributed by atoms with E-state index in [0.29, 0.717) is 12.1 Å². The number of nitrogens with zero attached hydrogens (tertiary/aromatic N) is 1. The summed E-state index contributed by atoms with van der Waals surface area (Å²) in [7, 11) is 0. The van der Waals surface area contributed by atoms with Gasteiger partial charge in [-0.05, 0) is 43.7 Å². The second-order valence-electron chi connectivity index (χ2n) is 5.97. The lowest BCUT2D eigenvalue weighted by Gasteiger charge is -2.39. The Bertz CT molecular complexity index is 544. The average Bonchev–Trinajstić information content (AvgIpc) is 2.90. The number of aromatic nitrogens is 1. The third-order valence-electron chi connectivity index (χ3n) is 4.76. The summed E-state index contributed by atoms with van der Waals surface area (Å²) in [6.45, 7) is 0. The Morgan fingerprint density at radius 2 is 1.95 bits per heavy atom. The van der Waals surface area contributed by atoms with Crippen LogP contribution in [0.5, 0.6) is 0 Å². The monoisotopic (exact) mass is 256 g/mol. The molecule has 0 amide bonds. The first-order valence-corrected chi connectivity index (χ1v) is 7.52. The number of hydrogen-bond acceptors (Lipinski definition) is 3. The fourth-order valence-electron chi connectivity index (χ4n) is 3.73. The number of benzene rings is 1.